The average molecular weight is 339 g/mol. The van der Waals surface area contributed by atoms with Crippen molar-refractivity contribution in [1.82, 2.24) is 14.9 Å². The molecule has 0 radical (unpaired) electrons. The first kappa shape index (κ1) is 17.4. The van der Waals surface area contributed by atoms with Gasteiger partial charge in [-0.3, -0.25) is 4.90 Å². The Morgan fingerprint density at radius 2 is 1.96 bits per heavy atom. The molecule has 6 nitrogen and oxygen atoms in total. The highest BCUT2D eigenvalue weighted by atomic mass is 16.5. The van der Waals surface area contributed by atoms with Crippen LogP contribution in [0.5, 0.6) is 5.88 Å². The summed E-state index contributed by atoms with van der Waals surface area (Å²) in [5.74, 6) is 1.44. The van der Waals surface area contributed by atoms with Gasteiger partial charge < -0.3 is 15.9 Å². The molecule has 1 fully saturated rings. The first-order chi connectivity index (χ1) is 12.3. The molecule has 3 rings (SSSR count). The molecule has 0 saturated carbocycles. The average Bonchev–Trinajstić information content (AvgIpc) is 2.64. The molecule has 1 aromatic heterocycles. The standard InChI is InChI=1S/C19H25N5O/c20-13-17-18(21)22-14-23-19(17)25-11-10-24-8-6-16(7-9-24)12-15-4-2-1-3-5-15/h1-5,13-14,16,20H,6-12H2,(H2,21,22,23). The SMILES string of the molecule is N=Cc1c(N)ncnc1OCCN1CCC(Cc2ccccc2)CC1. The minimum atomic E-state index is 0.279. The van der Waals surface area contributed by atoms with Gasteiger partial charge in [0.2, 0.25) is 5.88 Å². The lowest BCUT2D eigenvalue weighted by Gasteiger charge is -2.31. The molecular formula is C19H25N5O. The Balaban J connectivity index is 1.41. The van der Waals surface area contributed by atoms with Crippen molar-refractivity contribution in [3.63, 3.8) is 0 Å². The number of rotatable bonds is 7. The molecule has 132 valence electrons. The Labute approximate surface area is 148 Å². The largest absolute Gasteiger partial charge is 0.476 e. The number of anilines is 1. The van der Waals surface area contributed by atoms with Gasteiger partial charge in [0, 0.05) is 12.8 Å². The van der Waals surface area contributed by atoms with Crippen LogP contribution >= 0.6 is 0 Å². The highest BCUT2D eigenvalue weighted by Crippen LogP contribution is 2.22. The van der Waals surface area contributed by atoms with E-state index in [1.54, 1.807) is 0 Å². The third-order valence-corrected chi connectivity index (χ3v) is 4.74. The maximum Gasteiger partial charge on any atom is 0.227 e. The number of nitrogens with two attached hydrogens (primary N) is 1. The van der Waals surface area contributed by atoms with Gasteiger partial charge in [-0.25, -0.2) is 9.97 Å². The van der Waals surface area contributed by atoms with Crippen LogP contribution in [0.2, 0.25) is 0 Å². The smallest absolute Gasteiger partial charge is 0.227 e. The number of nitrogens with zero attached hydrogens (tertiary/aromatic N) is 3. The van der Waals surface area contributed by atoms with E-state index in [4.69, 9.17) is 15.9 Å². The lowest BCUT2D eigenvalue weighted by atomic mass is 9.90. The van der Waals surface area contributed by atoms with E-state index in [1.807, 2.05) is 0 Å². The number of nitrogens with one attached hydrogen (secondary N) is 1. The molecule has 0 spiro atoms. The molecule has 25 heavy (non-hydrogen) atoms. The fourth-order valence-corrected chi connectivity index (χ4v) is 3.28. The monoisotopic (exact) mass is 339 g/mol. The minimum absolute atomic E-state index is 0.279. The molecule has 1 aliphatic heterocycles. The van der Waals surface area contributed by atoms with E-state index >= 15 is 0 Å². The third-order valence-electron chi connectivity index (χ3n) is 4.74. The number of likely N-dealkylation sites (tertiary alicyclic amines) is 1. The van der Waals surface area contributed by atoms with Crippen LogP contribution in [0.25, 0.3) is 0 Å². The third kappa shape index (κ3) is 4.76. The summed E-state index contributed by atoms with van der Waals surface area (Å²) in [5.41, 5.74) is 7.62. The first-order valence-electron chi connectivity index (χ1n) is 8.76. The van der Waals surface area contributed by atoms with Gasteiger partial charge in [0.15, 0.2) is 0 Å². The van der Waals surface area contributed by atoms with E-state index < -0.39 is 0 Å². The zero-order chi connectivity index (χ0) is 17.5. The van der Waals surface area contributed by atoms with Crippen LogP contribution in [0, 0.1) is 11.3 Å². The molecule has 1 aromatic carbocycles. The molecule has 0 aliphatic carbocycles. The number of nitrogen functional groups attached to an aromatic ring is 1. The van der Waals surface area contributed by atoms with E-state index in [-0.39, 0.29) is 5.82 Å². The van der Waals surface area contributed by atoms with E-state index in [2.05, 4.69) is 45.2 Å². The Morgan fingerprint density at radius 1 is 1.20 bits per heavy atom. The topological polar surface area (TPSA) is 88.1 Å². The quantitative estimate of drug-likeness (QED) is 0.756. The van der Waals surface area contributed by atoms with Gasteiger partial charge >= 0.3 is 0 Å². The number of hydrogen-bond donors (Lipinski definition) is 2. The van der Waals surface area contributed by atoms with Crippen LogP contribution in [-0.4, -0.2) is 47.3 Å². The summed E-state index contributed by atoms with van der Waals surface area (Å²) in [6.07, 6.45) is 6.13. The van der Waals surface area contributed by atoms with Crippen molar-refractivity contribution < 1.29 is 4.74 Å². The van der Waals surface area contributed by atoms with Crippen LogP contribution in [0.4, 0.5) is 5.82 Å². The lowest BCUT2D eigenvalue weighted by molar-refractivity contribution is 0.153. The zero-order valence-electron chi connectivity index (χ0n) is 14.4. The molecule has 0 atom stereocenters. The van der Waals surface area contributed by atoms with E-state index in [9.17, 15) is 0 Å². The highest BCUT2D eigenvalue weighted by Gasteiger charge is 2.19. The van der Waals surface area contributed by atoms with Gasteiger partial charge in [-0.05, 0) is 43.8 Å². The van der Waals surface area contributed by atoms with Gasteiger partial charge in [-0.1, -0.05) is 30.3 Å². The van der Waals surface area contributed by atoms with Crippen molar-refractivity contribution in [3.05, 3.63) is 47.8 Å². The molecular weight excluding hydrogens is 314 g/mol. The molecule has 2 heterocycles. The van der Waals surface area contributed by atoms with Crippen molar-refractivity contribution >= 4 is 12.0 Å². The van der Waals surface area contributed by atoms with Crippen molar-refractivity contribution in [3.8, 4) is 5.88 Å². The van der Waals surface area contributed by atoms with Gasteiger partial charge in [-0.15, -0.1) is 0 Å². The fourth-order valence-electron chi connectivity index (χ4n) is 3.28. The summed E-state index contributed by atoms with van der Waals surface area (Å²) in [7, 11) is 0. The predicted octanol–water partition coefficient (Wildman–Crippen LogP) is 2.39. The summed E-state index contributed by atoms with van der Waals surface area (Å²) < 4.78 is 5.71. The van der Waals surface area contributed by atoms with Gasteiger partial charge in [0.25, 0.3) is 0 Å². The Hall–Kier alpha value is -2.47. The molecule has 0 unspecified atom stereocenters. The lowest BCUT2D eigenvalue weighted by Crippen LogP contribution is -2.37. The molecule has 6 heteroatoms. The maximum atomic E-state index is 7.40. The Kier molecular flexibility index (Phi) is 5.95. The first-order valence-corrected chi connectivity index (χ1v) is 8.76. The number of ether oxygens (including phenoxy) is 1. The van der Waals surface area contributed by atoms with Gasteiger partial charge in [0.05, 0.1) is 5.56 Å². The van der Waals surface area contributed by atoms with E-state index in [1.165, 1.54) is 31.2 Å². The van der Waals surface area contributed by atoms with E-state index in [0.29, 0.717) is 18.1 Å². The van der Waals surface area contributed by atoms with E-state index in [0.717, 1.165) is 31.8 Å². The minimum Gasteiger partial charge on any atom is -0.476 e. The van der Waals surface area contributed by atoms with Gasteiger partial charge in [-0.2, -0.15) is 0 Å². The van der Waals surface area contributed by atoms with Crippen LogP contribution in [0.1, 0.15) is 24.0 Å². The van der Waals surface area contributed by atoms with Crippen molar-refractivity contribution in [2.75, 3.05) is 32.0 Å². The highest BCUT2D eigenvalue weighted by molar-refractivity contribution is 5.86. The molecule has 3 N–H and O–H groups in total. The number of hydrogen-bond acceptors (Lipinski definition) is 6. The summed E-state index contributed by atoms with van der Waals surface area (Å²) in [6.45, 7) is 3.61. The molecule has 1 saturated heterocycles. The fraction of sp³-hybridized carbons (Fsp3) is 0.421. The summed E-state index contributed by atoms with van der Waals surface area (Å²) in [5, 5.41) is 7.40. The predicted molar refractivity (Wildman–Crippen MR) is 99.1 cm³/mol. The molecule has 1 aliphatic rings. The summed E-state index contributed by atoms with van der Waals surface area (Å²) >= 11 is 0. The number of aromatic nitrogens is 2. The molecule has 0 amide bonds. The summed E-state index contributed by atoms with van der Waals surface area (Å²) in [6, 6.07) is 10.7. The molecule has 0 bridgehead atoms. The van der Waals surface area contributed by atoms with Crippen LogP contribution < -0.4 is 10.5 Å². The summed E-state index contributed by atoms with van der Waals surface area (Å²) in [4.78, 5) is 10.4. The number of piperidine rings is 1. The van der Waals surface area contributed by atoms with Crippen molar-refractivity contribution in [1.29, 1.82) is 5.41 Å². The second-order valence-electron chi connectivity index (χ2n) is 6.45. The van der Waals surface area contributed by atoms with Crippen LogP contribution in [0.3, 0.4) is 0 Å². The maximum absolute atomic E-state index is 7.40. The van der Waals surface area contributed by atoms with Crippen LogP contribution in [0.15, 0.2) is 36.7 Å². The van der Waals surface area contributed by atoms with Crippen molar-refractivity contribution in [2.45, 2.75) is 19.3 Å². The second kappa shape index (κ2) is 8.58. The normalized spacial score (nSPS) is 15.8. The molecule has 2 aromatic rings. The Morgan fingerprint density at radius 3 is 2.68 bits per heavy atom. The van der Waals surface area contributed by atoms with Crippen LogP contribution in [-0.2, 0) is 6.42 Å². The van der Waals surface area contributed by atoms with Crippen molar-refractivity contribution in [2.24, 2.45) is 5.92 Å². The second-order valence-corrected chi connectivity index (χ2v) is 6.45. The number of benzene rings is 1. The zero-order valence-corrected chi connectivity index (χ0v) is 14.4. The Bertz CT molecular complexity index is 683. The van der Waals surface area contributed by atoms with Gasteiger partial charge in [0.1, 0.15) is 18.8 Å².